The summed E-state index contributed by atoms with van der Waals surface area (Å²) < 4.78 is 0. The highest BCUT2D eigenvalue weighted by molar-refractivity contribution is 6.12. The Morgan fingerprint density at radius 3 is 2.25 bits per heavy atom. The van der Waals surface area contributed by atoms with Gasteiger partial charge in [-0.3, -0.25) is 9.69 Å². The molecular formula is C36H40N4O4. The molecule has 0 spiro atoms. The van der Waals surface area contributed by atoms with E-state index in [-0.39, 0.29) is 18.2 Å². The first kappa shape index (κ1) is 31.9. The molecular weight excluding hydrogens is 552 g/mol. The fourth-order valence-electron chi connectivity index (χ4n) is 4.90. The van der Waals surface area contributed by atoms with Crippen LogP contribution in [0.1, 0.15) is 60.5 Å². The summed E-state index contributed by atoms with van der Waals surface area (Å²) in [5.41, 5.74) is 3.78. The highest BCUT2D eigenvalue weighted by atomic mass is 16.4. The number of aromatic nitrogens is 1. The summed E-state index contributed by atoms with van der Waals surface area (Å²) in [6, 6.07) is 27.8. The summed E-state index contributed by atoms with van der Waals surface area (Å²) in [6.45, 7) is 2.81. The lowest BCUT2D eigenvalue weighted by Gasteiger charge is -2.19. The molecule has 3 aromatic carbocycles. The first-order chi connectivity index (χ1) is 21.4. The number of rotatable bonds is 15. The fourth-order valence-corrected chi connectivity index (χ4v) is 4.90. The van der Waals surface area contributed by atoms with Gasteiger partial charge in [0, 0.05) is 42.4 Å². The van der Waals surface area contributed by atoms with Crippen molar-refractivity contribution in [3.8, 4) is 11.3 Å². The molecule has 1 atom stereocenters. The number of pyridine rings is 1. The third kappa shape index (κ3) is 8.77. The highest BCUT2D eigenvalue weighted by Gasteiger charge is 2.21. The number of carbonyl (C=O) groups excluding carboxylic acids is 2. The average molecular weight is 593 g/mol. The molecule has 1 heterocycles. The second kappa shape index (κ2) is 16.0. The molecule has 4 rings (SSSR count). The number of hydrogen-bond acceptors (Lipinski definition) is 5. The third-order valence-corrected chi connectivity index (χ3v) is 7.46. The van der Waals surface area contributed by atoms with Crippen LogP contribution in [0.2, 0.25) is 0 Å². The first-order valence-electron chi connectivity index (χ1n) is 15.1. The van der Waals surface area contributed by atoms with Crippen LogP contribution in [0.3, 0.4) is 0 Å². The van der Waals surface area contributed by atoms with E-state index in [9.17, 15) is 19.5 Å². The van der Waals surface area contributed by atoms with Crippen LogP contribution in [0.25, 0.3) is 11.3 Å². The number of para-hydroxylation sites is 1. The minimum atomic E-state index is -1.02. The zero-order valence-corrected chi connectivity index (χ0v) is 25.3. The molecule has 44 heavy (non-hydrogen) atoms. The van der Waals surface area contributed by atoms with Gasteiger partial charge < -0.3 is 15.7 Å². The van der Waals surface area contributed by atoms with Gasteiger partial charge >= 0.3 is 12.0 Å². The number of nitrogens with one attached hydrogen (secondary N) is 2. The number of carbonyl (C=O) groups is 3. The van der Waals surface area contributed by atoms with Gasteiger partial charge in [-0.15, -0.1) is 0 Å². The second-order valence-corrected chi connectivity index (χ2v) is 10.8. The molecule has 2 amide bonds. The largest absolute Gasteiger partial charge is 0.480 e. The summed E-state index contributed by atoms with van der Waals surface area (Å²) in [5.74, 6) is -0.663. The van der Waals surface area contributed by atoms with Crippen molar-refractivity contribution in [2.24, 2.45) is 0 Å². The maximum Gasteiger partial charge on any atom is 0.326 e. The van der Waals surface area contributed by atoms with Crippen molar-refractivity contribution < 1.29 is 19.5 Å². The number of benzene rings is 3. The van der Waals surface area contributed by atoms with Gasteiger partial charge in [-0.1, -0.05) is 105 Å². The van der Waals surface area contributed by atoms with Crippen molar-refractivity contribution in [1.29, 1.82) is 0 Å². The number of aliphatic carboxylic acids is 1. The van der Waals surface area contributed by atoms with Crippen LogP contribution >= 0.6 is 0 Å². The van der Waals surface area contributed by atoms with E-state index in [4.69, 9.17) is 0 Å². The maximum atomic E-state index is 13.1. The zero-order valence-electron chi connectivity index (χ0n) is 25.3. The molecule has 0 fully saturated rings. The number of unbranched alkanes of at least 4 members (excludes halogenated alkanes) is 4. The smallest absolute Gasteiger partial charge is 0.326 e. The molecule has 0 unspecified atom stereocenters. The summed E-state index contributed by atoms with van der Waals surface area (Å²) in [5, 5.41) is 16.0. The van der Waals surface area contributed by atoms with Gasteiger partial charge in [-0.05, 0) is 36.2 Å². The van der Waals surface area contributed by atoms with Gasteiger partial charge in [0.25, 0.3) is 0 Å². The molecule has 0 aliphatic rings. The minimum Gasteiger partial charge on any atom is -0.480 e. The van der Waals surface area contributed by atoms with E-state index in [1.54, 1.807) is 61.6 Å². The lowest BCUT2D eigenvalue weighted by atomic mass is 9.99. The van der Waals surface area contributed by atoms with Crippen molar-refractivity contribution in [3.05, 3.63) is 114 Å². The molecule has 0 bridgehead atoms. The molecule has 0 radical (unpaired) electrons. The molecule has 0 saturated carbocycles. The lowest BCUT2D eigenvalue weighted by molar-refractivity contribution is -0.137. The number of hydrogen-bond donors (Lipinski definition) is 3. The SMILES string of the molecule is CCCCCCCNC(=O)N(C)c1cccc(-c2ccc(C[C@H](Nc3ccccc3C(=O)c3ccccc3)C(=O)O)cc2)n1. The average Bonchev–Trinajstić information content (AvgIpc) is 3.06. The van der Waals surface area contributed by atoms with Crippen molar-refractivity contribution >= 4 is 29.3 Å². The van der Waals surface area contributed by atoms with E-state index in [0.717, 1.165) is 24.0 Å². The first-order valence-corrected chi connectivity index (χ1v) is 15.1. The van der Waals surface area contributed by atoms with Gasteiger partial charge in [0.15, 0.2) is 5.78 Å². The van der Waals surface area contributed by atoms with Crippen molar-refractivity contribution in [3.63, 3.8) is 0 Å². The van der Waals surface area contributed by atoms with Gasteiger partial charge in [0.1, 0.15) is 11.9 Å². The third-order valence-electron chi connectivity index (χ3n) is 7.46. The van der Waals surface area contributed by atoms with E-state index < -0.39 is 12.0 Å². The fraction of sp³-hybridized carbons (Fsp3) is 0.278. The Hall–Kier alpha value is -4.98. The molecule has 4 aromatic rings. The molecule has 0 saturated heterocycles. The van der Waals surface area contributed by atoms with Crippen LogP contribution in [-0.2, 0) is 11.2 Å². The van der Waals surface area contributed by atoms with Gasteiger partial charge in [0.2, 0.25) is 0 Å². The van der Waals surface area contributed by atoms with Crippen molar-refractivity contribution in [2.45, 2.75) is 51.5 Å². The highest BCUT2D eigenvalue weighted by Crippen LogP contribution is 2.24. The zero-order chi connectivity index (χ0) is 31.3. The quantitative estimate of drug-likeness (QED) is 0.0994. The Kier molecular flexibility index (Phi) is 11.6. The van der Waals surface area contributed by atoms with Crippen LogP contribution < -0.4 is 15.5 Å². The Morgan fingerprint density at radius 2 is 1.52 bits per heavy atom. The van der Waals surface area contributed by atoms with E-state index in [2.05, 4.69) is 22.5 Å². The van der Waals surface area contributed by atoms with E-state index in [1.165, 1.54) is 24.2 Å². The standard InChI is InChI=1S/C36H40N4O4/c1-3-4-5-6-12-24-37-36(44)40(2)33-19-13-18-30(39-33)27-22-20-26(21-23-27)25-32(35(42)43)38-31-17-11-10-16-29(31)34(41)28-14-8-7-9-15-28/h7-11,13-23,32,38H,3-6,12,24-25H2,1-2H3,(H,37,44)(H,42,43)/t32-/m0/s1. The molecule has 8 nitrogen and oxygen atoms in total. The number of amides is 2. The lowest BCUT2D eigenvalue weighted by Crippen LogP contribution is -2.38. The van der Waals surface area contributed by atoms with Crippen LogP contribution in [0, 0.1) is 0 Å². The second-order valence-electron chi connectivity index (χ2n) is 10.8. The number of carboxylic acids is 1. The Bertz CT molecular complexity index is 1540. The predicted octanol–water partition coefficient (Wildman–Crippen LogP) is 7.20. The van der Waals surface area contributed by atoms with Crippen LogP contribution in [0.15, 0.2) is 97.1 Å². The van der Waals surface area contributed by atoms with Gasteiger partial charge in [-0.25, -0.2) is 14.6 Å². The van der Waals surface area contributed by atoms with Gasteiger partial charge in [0.05, 0.1) is 5.69 Å². The Labute approximate surface area is 259 Å². The van der Waals surface area contributed by atoms with Crippen LogP contribution in [-0.4, -0.2) is 47.5 Å². The monoisotopic (exact) mass is 592 g/mol. The number of ketones is 1. The predicted molar refractivity (Wildman–Crippen MR) is 175 cm³/mol. The van der Waals surface area contributed by atoms with Crippen molar-refractivity contribution in [1.82, 2.24) is 10.3 Å². The van der Waals surface area contributed by atoms with Gasteiger partial charge in [-0.2, -0.15) is 0 Å². The molecule has 1 aromatic heterocycles. The van der Waals surface area contributed by atoms with Crippen molar-refractivity contribution in [2.75, 3.05) is 23.8 Å². The number of anilines is 2. The maximum absolute atomic E-state index is 13.1. The van der Waals surface area contributed by atoms with E-state index in [0.29, 0.717) is 34.9 Å². The number of carboxylic acid groups (broad SMARTS) is 1. The van der Waals surface area contributed by atoms with Crippen LogP contribution in [0.4, 0.5) is 16.3 Å². The summed E-state index contributed by atoms with van der Waals surface area (Å²) in [4.78, 5) is 44.2. The summed E-state index contributed by atoms with van der Waals surface area (Å²) in [7, 11) is 1.70. The summed E-state index contributed by atoms with van der Waals surface area (Å²) >= 11 is 0. The van der Waals surface area contributed by atoms with E-state index in [1.807, 2.05) is 42.5 Å². The molecule has 0 aliphatic carbocycles. The number of nitrogens with zero attached hydrogens (tertiary/aromatic N) is 2. The molecule has 228 valence electrons. The Morgan fingerprint density at radius 1 is 0.818 bits per heavy atom. The Balaban J connectivity index is 1.41. The minimum absolute atomic E-state index is 0.178. The molecule has 0 aliphatic heterocycles. The molecule has 8 heteroatoms. The summed E-state index contributed by atoms with van der Waals surface area (Å²) in [6.07, 6.45) is 5.85. The van der Waals surface area contributed by atoms with E-state index >= 15 is 0 Å². The topological polar surface area (TPSA) is 112 Å². The van der Waals surface area contributed by atoms with Crippen LogP contribution in [0.5, 0.6) is 0 Å². The molecule has 3 N–H and O–H groups in total. The normalized spacial score (nSPS) is 11.4. The number of urea groups is 1.